The van der Waals surface area contributed by atoms with Crippen LogP contribution in [0.5, 0.6) is 5.75 Å². The summed E-state index contributed by atoms with van der Waals surface area (Å²) in [4.78, 5) is 14.2. The lowest BCUT2D eigenvalue weighted by Gasteiger charge is -2.33. The fourth-order valence-corrected chi connectivity index (χ4v) is 5.49. The molecule has 1 aromatic carbocycles. The van der Waals surface area contributed by atoms with Crippen molar-refractivity contribution in [2.45, 2.75) is 56.2 Å². The Bertz CT molecular complexity index is 714. The molecule has 1 heterocycles. The van der Waals surface area contributed by atoms with E-state index >= 15 is 0 Å². The number of hydrogen-bond acceptors (Lipinski definition) is 4. The van der Waals surface area contributed by atoms with Crippen molar-refractivity contribution in [2.75, 3.05) is 13.1 Å². The number of piperidine rings is 1. The second kappa shape index (κ2) is 7.74. The van der Waals surface area contributed by atoms with Gasteiger partial charge in [-0.05, 0) is 43.4 Å². The molecule has 138 valence electrons. The largest absolute Gasteiger partial charge is 0.508 e. The molecule has 25 heavy (non-hydrogen) atoms. The Kier molecular flexibility index (Phi) is 5.64. The smallest absolute Gasteiger partial charge is 0.227 e. The summed E-state index contributed by atoms with van der Waals surface area (Å²) < 4.78 is 28.1. The summed E-state index contributed by atoms with van der Waals surface area (Å²) in [6.07, 6.45) is 5.44. The summed E-state index contributed by atoms with van der Waals surface area (Å²) in [6, 6.07) is 6.68. The summed E-state index contributed by atoms with van der Waals surface area (Å²) in [7, 11) is -3.40. The molecule has 1 saturated carbocycles. The molecule has 2 aliphatic rings. The summed E-state index contributed by atoms with van der Waals surface area (Å²) in [5.41, 5.74) is 0.735. The van der Waals surface area contributed by atoms with Gasteiger partial charge in [-0.2, -0.15) is 0 Å². The molecule has 0 radical (unpaired) electrons. The molecular formula is C18H26N2O4S. The van der Waals surface area contributed by atoms with Crippen LogP contribution < -0.4 is 4.72 Å². The number of phenolic OH excluding ortho intramolecular Hbond substituents is 1. The molecule has 1 saturated heterocycles. The second-order valence-corrected chi connectivity index (χ2v) is 9.09. The second-order valence-electron chi connectivity index (χ2n) is 7.09. The van der Waals surface area contributed by atoms with Gasteiger partial charge >= 0.3 is 0 Å². The number of benzene rings is 1. The molecule has 0 bridgehead atoms. The van der Waals surface area contributed by atoms with Crippen LogP contribution in [0, 0.1) is 0 Å². The van der Waals surface area contributed by atoms with E-state index < -0.39 is 15.3 Å². The number of nitrogens with one attached hydrogen (secondary N) is 1. The van der Waals surface area contributed by atoms with Crippen molar-refractivity contribution in [3.8, 4) is 5.75 Å². The molecule has 1 unspecified atom stereocenters. The van der Waals surface area contributed by atoms with Gasteiger partial charge in [0.1, 0.15) is 5.75 Å². The highest BCUT2D eigenvalue weighted by molar-refractivity contribution is 7.90. The van der Waals surface area contributed by atoms with Gasteiger partial charge in [-0.1, -0.05) is 25.0 Å². The highest BCUT2D eigenvalue weighted by atomic mass is 32.2. The number of phenols is 1. The number of carbonyl (C=O) groups excluding carboxylic acids is 1. The van der Waals surface area contributed by atoms with Crippen LogP contribution in [-0.4, -0.2) is 48.7 Å². The predicted octanol–water partition coefficient (Wildman–Crippen LogP) is 1.79. The third-order valence-electron chi connectivity index (χ3n) is 5.12. The maximum Gasteiger partial charge on any atom is 0.227 e. The van der Waals surface area contributed by atoms with Crippen molar-refractivity contribution in [1.82, 2.24) is 9.62 Å². The fraction of sp³-hybridized carbons (Fsp3) is 0.611. The molecule has 0 aromatic heterocycles. The van der Waals surface area contributed by atoms with Gasteiger partial charge < -0.3 is 10.0 Å². The highest BCUT2D eigenvalue weighted by Crippen LogP contribution is 2.22. The van der Waals surface area contributed by atoms with E-state index in [2.05, 4.69) is 4.72 Å². The van der Waals surface area contributed by atoms with E-state index in [1.807, 2.05) is 0 Å². The van der Waals surface area contributed by atoms with E-state index in [4.69, 9.17) is 0 Å². The topological polar surface area (TPSA) is 86.7 Å². The Morgan fingerprint density at radius 1 is 1.20 bits per heavy atom. The van der Waals surface area contributed by atoms with Crippen LogP contribution >= 0.6 is 0 Å². The van der Waals surface area contributed by atoms with Crippen LogP contribution in [0.3, 0.4) is 0 Å². The normalized spacial score (nSPS) is 22.2. The quantitative estimate of drug-likeness (QED) is 0.832. The molecule has 1 atom stereocenters. The summed E-state index contributed by atoms with van der Waals surface area (Å²) in [5.74, 6) is 0.0385. The van der Waals surface area contributed by atoms with E-state index in [9.17, 15) is 18.3 Å². The van der Waals surface area contributed by atoms with Gasteiger partial charge in [0, 0.05) is 19.1 Å². The summed E-state index contributed by atoms with van der Waals surface area (Å²) >= 11 is 0. The number of carbonyl (C=O) groups is 1. The van der Waals surface area contributed by atoms with Gasteiger partial charge in [-0.25, -0.2) is 13.1 Å². The number of likely N-dealkylation sites (tertiary alicyclic amines) is 1. The zero-order valence-electron chi connectivity index (χ0n) is 14.4. The average molecular weight is 366 g/mol. The van der Waals surface area contributed by atoms with Crippen molar-refractivity contribution < 1.29 is 18.3 Å². The van der Waals surface area contributed by atoms with Crippen molar-refractivity contribution in [3.63, 3.8) is 0 Å². The molecule has 1 aromatic rings. The monoisotopic (exact) mass is 366 g/mol. The van der Waals surface area contributed by atoms with Crippen molar-refractivity contribution in [3.05, 3.63) is 29.8 Å². The SMILES string of the molecule is O=C(Cc1cccc(O)c1)N1CCCC(S(=O)(=O)NC2CCCC2)C1. The number of sulfonamides is 1. The third-order valence-corrected chi connectivity index (χ3v) is 7.05. The van der Waals surface area contributed by atoms with Gasteiger partial charge in [0.15, 0.2) is 0 Å². The molecular weight excluding hydrogens is 340 g/mol. The van der Waals surface area contributed by atoms with Gasteiger partial charge in [-0.15, -0.1) is 0 Å². The van der Waals surface area contributed by atoms with Crippen LogP contribution in [0.15, 0.2) is 24.3 Å². The first-order chi connectivity index (χ1) is 11.9. The Balaban J connectivity index is 1.61. The highest BCUT2D eigenvalue weighted by Gasteiger charge is 2.34. The molecule has 0 spiro atoms. The number of hydrogen-bond donors (Lipinski definition) is 2. The molecule has 1 amide bonds. The van der Waals surface area contributed by atoms with Gasteiger partial charge in [0.05, 0.1) is 11.7 Å². The minimum absolute atomic E-state index is 0.0587. The lowest BCUT2D eigenvalue weighted by Crippen LogP contribution is -2.50. The van der Waals surface area contributed by atoms with Crippen LogP contribution in [0.25, 0.3) is 0 Å². The number of aromatic hydroxyl groups is 1. The zero-order chi connectivity index (χ0) is 17.9. The Labute approximate surface area is 149 Å². The predicted molar refractivity (Wildman–Crippen MR) is 95.7 cm³/mol. The third kappa shape index (κ3) is 4.73. The van der Waals surface area contributed by atoms with E-state index in [-0.39, 0.29) is 30.7 Å². The van der Waals surface area contributed by atoms with Crippen molar-refractivity contribution in [2.24, 2.45) is 0 Å². The van der Waals surface area contributed by atoms with Gasteiger partial charge in [0.25, 0.3) is 0 Å². The maximum atomic E-state index is 12.6. The van der Waals surface area contributed by atoms with Crippen LogP contribution in [-0.2, 0) is 21.2 Å². The zero-order valence-corrected chi connectivity index (χ0v) is 15.2. The summed E-state index contributed by atoms with van der Waals surface area (Å²) in [6.45, 7) is 0.840. The molecule has 6 nitrogen and oxygen atoms in total. The minimum Gasteiger partial charge on any atom is -0.508 e. The van der Waals surface area contributed by atoms with Crippen molar-refractivity contribution >= 4 is 15.9 Å². The number of nitrogens with zero attached hydrogens (tertiary/aromatic N) is 1. The molecule has 1 aliphatic heterocycles. The van der Waals surface area contributed by atoms with Crippen LogP contribution in [0.4, 0.5) is 0 Å². The van der Waals surface area contributed by atoms with E-state index in [0.717, 1.165) is 31.2 Å². The lowest BCUT2D eigenvalue weighted by atomic mass is 10.1. The lowest BCUT2D eigenvalue weighted by molar-refractivity contribution is -0.131. The summed E-state index contributed by atoms with van der Waals surface area (Å²) in [5, 5.41) is 8.98. The van der Waals surface area contributed by atoms with Crippen LogP contribution in [0.2, 0.25) is 0 Å². The maximum absolute atomic E-state index is 12.6. The number of rotatable bonds is 5. The average Bonchev–Trinajstić information content (AvgIpc) is 3.07. The molecule has 2 N–H and O–H groups in total. The molecule has 1 aliphatic carbocycles. The van der Waals surface area contributed by atoms with Crippen LogP contribution in [0.1, 0.15) is 44.1 Å². The first-order valence-electron chi connectivity index (χ1n) is 9.01. The number of amides is 1. The molecule has 7 heteroatoms. The first kappa shape index (κ1) is 18.2. The van der Waals surface area contributed by atoms with E-state index in [1.165, 1.54) is 0 Å². The van der Waals surface area contributed by atoms with E-state index in [0.29, 0.717) is 19.4 Å². The van der Waals surface area contributed by atoms with E-state index in [1.54, 1.807) is 29.2 Å². The molecule has 2 fully saturated rings. The molecule has 3 rings (SSSR count). The Morgan fingerprint density at radius 3 is 2.68 bits per heavy atom. The first-order valence-corrected chi connectivity index (χ1v) is 10.6. The van der Waals surface area contributed by atoms with Gasteiger partial charge in [0.2, 0.25) is 15.9 Å². The standard InChI is InChI=1S/C18H26N2O4S/c21-16-8-3-5-14(11-16)12-18(22)20-10-4-9-17(13-20)25(23,24)19-15-6-1-2-7-15/h3,5,8,11,15,17,19,21H,1-2,4,6-7,9-10,12-13H2. The van der Waals surface area contributed by atoms with Gasteiger partial charge in [-0.3, -0.25) is 4.79 Å². The Hall–Kier alpha value is -1.60. The Morgan fingerprint density at radius 2 is 1.96 bits per heavy atom. The minimum atomic E-state index is -3.40. The fourth-order valence-electron chi connectivity index (χ4n) is 3.74. The van der Waals surface area contributed by atoms with Crippen molar-refractivity contribution in [1.29, 1.82) is 0 Å².